The van der Waals surface area contributed by atoms with Crippen LogP contribution in [-0.4, -0.2) is 35.3 Å². The first-order valence-corrected chi connectivity index (χ1v) is 5.86. The Labute approximate surface area is 87.8 Å². The fourth-order valence-corrected chi connectivity index (χ4v) is 2.29. The third-order valence-electron chi connectivity index (χ3n) is 2.79. The number of carbonyl (C=O) groups is 1. The molecule has 0 aromatic rings. The van der Waals surface area contributed by atoms with Crippen LogP contribution in [0.4, 0.5) is 0 Å². The number of rotatable bonds is 3. The van der Waals surface area contributed by atoms with Crippen LogP contribution in [0.15, 0.2) is 0 Å². The highest BCUT2D eigenvalue weighted by molar-refractivity contribution is 9.09. The summed E-state index contributed by atoms with van der Waals surface area (Å²) in [6.45, 7) is 4.05. The Morgan fingerprint density at radius 3 is 2.85 bits per heavy atom. The van der Waals surface area contributed by atoms with Gasteiger partial charge in [0.1, 0.15) is 0 Å². The van der Waals surface area contributed by atoms with Crippen LogP contribution in [0.25, 0.3) is 0 Å². The molecule has 1 aliphatic rings. The van der Waals surface area contributed by atoms with Crippen LogP contribution >= 0.6 is 15.9 Å². The van der Waals surface area contributed by atoms with Crippen LogP contribution in [0.2, 0.25) is 0 Å². The van der Waals surface area contributed by atoms with Crippen molar-refractivity contribution in [3.8, 4) is 0 Å². The smallest absolute Gasteiger partial charge is 0.221 e. The van der Waals surface area contributed by atoms with E-state index < -0.39 is 0 Å². The summed E-state index contributed by atoms with van der Waals surface area (Å²) in [6, 6.07) is 0.591. The van der Waals surface area contributed by atoms with Gasteiger partial charge in [-0.15, -0.1) is 0 Å². The summed E-state index contributed by atoms with van der Waals surface area (Å²) in [5.41, 5.74) is 5.29. The Bertz CT molecular complexity index is 186. The van der Waals surface area contributed by atoms with Crippen LogP contribution in [0.1, 0.15) is 19.8 Å². The zero-order chi connectivity index (χ0) is 9.84. The molecule has 1 heterocycles. The summed E-state index contributed by atoms with van der Waals surface area (Å²) in [4.78, 5) is 13.3. The van der Waals surface area contributed by atoms with E-state index in [2.05, 4.69) is 27.8 Å². The van der Waals surface area contributed by atoms with E-state index in [9.17, 15) is 4.79 Å². The first kappa shape index (κ1) is 11.0. The molecule has 0 radical (unpaired) electrons. The SMILES string of the molecule is CC1CCC(C(N)=O)CN1CCBr. The highest BCUT2D eigenvalue weighted by Gasteiger charge is 2.27. The lowest BCUT2D eigenvalue weighted by Gasteiger charge is -2.36. The lowest BCUT2D eigenvalue weighted by Crippen LogP contribution is -2.46. The second kappa shape index (κ2) is 4.96. The zero-order valence-corrected chi connectivity index (χ0v) is 9.59. The summed E-state index contributed by atoms with van der Waals surface area (Å²) in [5, 5.41) is 0.961. The molecule has 13 heavy (non-hydrogen) atoms. The maximum absolute atomic E-state index is 11.0. The molecule has 1 fully saturated rings. The Morgan fingerprint density at radius 2 is 2.31 bits per heavy atom. The van der Waals surface area contributed by atoms with Gasteiger partial charge in [-0.05, 0) is 19.8 Å². The fraction of sp³-hybridized carbons (Fsp3) is 0.889. The first-order chi connectivity index (χ1) is 6.15. The van der Waals surface area contributed by atoms with Gasteiger partial charge in [0.15, 0.2) is 0 Å². The molecule has 0 saturated carbocycles. The van der Waals surface area contributed by atoms with Gasteiger partial charge in [0.2, 0.25) is 5.91 Å². The van der Waals surface area contributed by atoms with Gasteiger partial charge in [-0.1, -0.05) is 15.9 Å². The third kappa shape index (κ3) is 2.95. The molecule has 2 unspecified atom stereocenters. The minimum absolute atomic E-state index is 0.0650. The van der Waals surface area contributed by atoms with Crippen molar-refractivity contribution in [2.75, 3.05) is 18.4 Å². The number of hydrogen-bond donors (Lipinski definition) is 1. The number of nitrogens with two attached hydrogens (primary N) is 1. The summed E-state index contributed by atoms with van der Waals surface area (Å²) >= 11 is 3.41. The number of alkyl halides is 1. The topological polar surface area (TPSA) is 46.3 Å². The third-order valence-corrected chi connectivity index (χ3v) is 3.14. The first-order valence-electron chi connectivity index (χ1n) is 4.74. The molecular weight excluding hydrogens is 232 g/mol. The van der Waals surface area contributed by atoms with Crippen LogP contribution in [0.5, 0.6) is 0 Å². The quantitative estimate of drug-likeness (QED) is 0.757. The van der Waals surface area contributed by atoms with Gasteiger partial charge >= 0.3 is 0 Å². The normalized spacial score (nSPS) is 30.3. The van der Waals surface area contributed by atoms with Gasteiger partial charge in [0, 0.05) is 24.5 Å². The Morgan fingerprint density at radius 1 is 1.62 bits per heavy atom. The maximum Gasteiger partial charge on any atom is 0.221 e. The average Bonchev–Trinajstić information content (AvgIpc) is 2.08. The molecule has 2 N–H and O–H groups in total. The van der Waals surface area contributed by atoms with Crippen molar-refractivity contribution in [1.82, 2.24) is 4.90 Å². The molecule has 1 saturated heterocycles. The van der Waals surface area contributed by atoms with Gasteiger partial charge in [-0.3, -0.25) is 9.69 Å². The number of carbonyl (C=O) groups excluding carboxylic acids is 1. The summed E-state index contributed by atoms with van der Waals surface area (Å²) in [6.07, 6.45) is 2.04. The zero-order valence-electron chi connectivity index (χ0n) is 8.00. The fourth-order valence-electron chi connectivity index (χ4n) is 1.83. The molecule has 1 rings (SSSR count). The Hall–Kier alpha value is -0.0900. The van der Waals surface area contributed by atoms with Crippen LogP contribution in [0.3, 0.4) is 0 Å². The van der Waals surface area contributed by atoms with E-state index in [1.807, 2.05) is 0 Å². The molecule has 0 bridgehead atoms. The van der Waals surface area contributed by atoms with E-state index in [1.165, 1.54) is 0 Å². The standard InChI is InChI=1S/C9H17BrN2O/c1-7-2-3-8(9(11)13)6-12(7)5-4-10/h7-8H,2-6H2,1H3,(H2,11,13). The van der Waals surface area contributed by atoms with Gasteiger partial charge in [-0.25, -0.2) is 0 Å². The molecular formula is C9H17BrN2O. The van der Waals surface area contributed by atoms with Crippen molar-refractivity contribution in [3.63, 3.8) is 0 Å². The van der Waals surface area contributed by atoms with E-state index in [0.29, 0.717) is 6.04 Å². The second-order valence-corrected chi connectivity index (χ2v) is 4.50. The number of hydrogen-bond acceptors (Lipinski definition) is 2. The number of likely N-dealkylation sites (tertiary alicyclic amines) is 1. The number of nitrogens with zero attached hydrogens (tertiary/aromatic N) is 1. The van der Waals surface area contributed by atoms with Crippen LogP contribution in [0, 0.1) is 5.92 Å². The van der Waals surface area contributed by atoms with Crippen molar-refractivity contribution in [1.29, 1.82) is 0 Å². The van der Waals surface area contributed by atoms with Crippen molar-refractivity contribution in [3.05, 3.63) is 0 Å². The molecule has 0 aliphatic carbocycles. The van der Waals surface area contributed by atoms with Gasteiger partial charge in [0.05, 0.1) is 5.92 Å². The minimum Gasteiger partial charge on any atom is -0.369 e. The molecule has 2 atom stereocenters. The van der Waals surface area contributed by atoms with Crippen molar-refractivity contribution < 1.29 is 4.79 Å². The highest BCUT2D eigenvalue weighted by Crippen LogP contribution is 2.21. The van der Waals surface area contributed by atoms with E-state index in [-0.39, 0.29) is 11.8 Å². The molecule has 1 aliphatic heterocycles. The Kier molecular flexibility index (Phi) is 4.19. The van der Waals surface area contributed by atoms with Crippen LogP contribution in [-0.2, 0) is 4.79 Å². The summed E-state index contributed by atoms with van der Waals surface area (Å²) < 4.78 is 0. The lowest BCUT2D eigenvalue weighted by molar-refractivity contribution is -0.123. The largest absolute Gasteiger partial charge is 0.369 e. The monoisotopic (exact) mass is 248 g/mol. The molecule has 0 aromatic heterocycles. The molecule has 4 heteroatoms. The number of primary amides is 1. The van der Waals surface area contributed by atoms with Crippen LogP contribution < -0.4 is 5.73 Å². The van der Waals surface area contributed by atoms with E-state index in [4.69, 9.17) is 5.73 Å². The van der Waals surface area contributed by atoms with Crippen molar-refractivity contribution in [2.45, 2.75) is 25.8 Å². The van der Waals surface area contributed by atoms with E-state index >= 15 is 0 Å². The van der Waals surface area contributed by atoms with Gasteiger partial charge in [0.25, 0.3) is 0 Å². The predicted molar refractivity (Wildman–Crippen MR) is 56.7 cm³/mol. The Balaban J connectivity index is 2.47. The summed E-state index contributed by atoms with van der Waals surface area (Å²) in [7, 11) is 0. The molecule has 76 valence electrons. The van der Waals surface area contributed by atoms with Crippen molar-refractivity contribution in [2.24, 2.45) is 11.7 Å². The highest BCUT2D eigenvalue weighted by atomic mass is 79.9. The van der Waals surface area contributed by atoms with Gasteiger partial charge in [-0.2, -0.15) is 0 Å². The van der Waals surface area contributed by atoms with Gasteiger partial charge < -0.3 is 5.73 Å². The maximum atomic E-state index is 11.0. The molecule has 1 amide bonds. The lowest BCUT2D eigenvalue weighted by atomic mass is 9.93. The van der Waals surface area contributed by atoms with E-state index in [0.717, 1.165) is 31.3 Å². The molecule has 3 nitrogen and oxygen atoms in total. The second-order valence-electron chi connectivity index (χ2n) is 3.71. The predicted octanol–water partition coefficient (Wildman–Crippen LogP) is 0.967. The molecule has 0 aromatic carbocycles. The number of halogens is 1. The van der Waals surface area contributed by atoms with E-state index in [1.54, 1.807) is 0 Å². The minimum atomic E-state index is -0.147. The number of piperidine rings is 1. The van der Waals surface area contributed by atoms with Crippen molar-refractivity contribution >= 4 is 21.8 Å². The summed E-state index contributed by atoms with van der Waals surface area (Å²) in [5.74, 6) is -0.0817. The number of amides is 1. The average molecular weight is 249 g/mol. The molecule has 0 spiro atoms.